The maximum absolute atomic E-state index is 4.63. The van der Waals surface area contributed by atoms with E-state index >= 15 is 0 Å². The summed E-state index contributed by atoms with van der Waals surface area (Å²) in [5.74, 6) is 1.94. The van der Waals surface area contributed by atoms with Gasteiger partial charge in [0, 0.05) is 11.5 Å². The molecule has 0 fully saturated rings. The molecule has 0 aliphatic heterocycles. The molecule has 0 aliphatic carbocycles. The van der Waals surface area contributed by atoms with Crippen molar-refractivity contribution in [3.63, 3.8) is 0 Å². The maximum Gasteiger partial charge on any atom is 0.0966 e. The highest BCUT2D eigenvalue weighted by molar-refractivity contribution is 7.99. The van der Waals surface area contributed by atoms with Crippen molar-refractivity contribution in [2.45, 2.75) is 69.6 Å². The Balaban J connectivity index is 2.76. The van der Waals surface area contributed by atoms with Gasteiger partial charge in [-0.1, -0.05) is 27.7 Å². The third kappa shape index (κ3) is 5.22. The minimum Gasteiger partial charge on any atom is -0.182 e. The molecule has 0 amide bonds. The summed E-state index contributed by atoms with van der Waals surface area (Å²) in [7, 11) is 0. The zero-order chi connectivity index (χ0) is 13.7. The van der Waals surface area contributed by atoms with Crippen LogP contribution < -0.4 is 0 Å². The van der Waals surface area contributed by atoms with E-state index in [0.29, 0.717) is 16.5 Å². The Morgan fingerprint density at radius 3 is 1.50 bits per heavy atom. The first-order valence-electron chi connectivity index (χ1n) is 6.58. The maximum atomic E-state index is 4.63. The first kappa shape index (κ1) is 15.9. The van der Waals surface area contributed by atoms with Crippen molar-refractivity contribution in [1.82, 2.24) is 15.0 Å². The van der Waals surface area contributed by atoms with Crippen molar-refractivity contribution in [3.8, 4) is 0 Å². The smallest absolute Gasteiger partial charge is 0.0966 e. The fourth-order valence-electron chi connectivity index (χ4n) is 1.33. The van der Waals surface area contributed by atoms with Crippen LogP contribution in [-0.4, -0.2) is 25.5 Å². The molecule has 0 N–H and O–H groups in total. The van der Waals surface area contributed by atoms with Gasteiger partial charge in [0.1, 0.15) is 0 Å². The SMILES string of the molecule is CC(C)SCc1nn(C(C)C)nc1CSC(C)C. The van der Waals surface area contributed by atoms with E-state index in [-0.39, 0.29) is 0 Å². The molecule has 0 unspecified atom stereocenters. The standard InChI is InChI=1S/C13H25N3S2/c1-9(2)16-14-12(7-17-10(3)4)13(15-16)8-18-11(5)6/h9-11H,7-8H2,1-6H3. The van der Waals surface area contributed by atoms with Gasteiger partial charge in [-0.2, -0.15) is 38.5 Å². The number of rotatable bonds is 7. The van der Waals surface area contributed by atoms with Gasteiger partial charge in [0.25, 0.3) is 0 Å². The number of hydrogen-bond acceptors (Lipinski definition) is 4. The molecule has 1 aromatic heterocycles. The van der Waals surface area contributed by atoms with Crippen LogP contribution in [0.15, 0.2) is 0 Å². The quantitative estimate of drug-likeness (QED) is 0.754. The minimum absolute atomic E-state index is 0.339. The predicted molar refractivity (Wildman–Crippen MR) is 83.3 cm³/mol. The summed E-state index contributed by atoms with van der Waals surface area (Å²) >= 11 is 3.87. The van der Waals surface area contributed by atoms with Crippen LogP contribution in [-0.2, 0) is 11.5 Å². The van der Waals surface area contributed by atoms with Gasteiger partial charge in [-0.15, -0.1) is 0 Å². The molecule has 0 saturated carbocycles. The average Bonchev–Trinajstić information content (AvgIpc) is 2.66. The van der Waals surface area contributed by atoms with Crippen molar-refractivity contribution < 1.29 is 0 Å². The third-order valence-electron chi connectivity index (χ3n) is 2.35. The van der Waals surface area contributed by atoms with Crippen LogP contribution in [0.3, 0.4) is 0 Å². The molecular weight excluding hydrogens is 262 g/mol. The Hall–Kier alpha value is -0.160. The lowest BCUT2D eigenvalue weighted by molar-refractivity contribution is 0.462. The first-order chi connectivity index (χ1) is 8.40. The highest BCUT2D eigenvalue weighted by Crippen LogP contribution is 2.23. The molecule has 0 spiro atoms. The van der Waals surface area contributed by atoms with Crippen LogP contribution in [0.25, 0.3) is 0 Å². The predicted octanol–water partition coefficient (Wildman–Crippen LogP) is 4.14. The second-order valence-electron chi connectivity index (χ2n) is 5.23. The van der Waals surface area contributed by atoms with Crippen LogP contribution in [0.5, 0.6) is 0 Å². The van der Waals surface area contributed by atoms with E-state index in [2.05, 4.69) is 51.7 Å². The second kappa shape index (κ2) is 7.43. The number of nitrogens with zero attached hydrogens (tertiary/aromatic N) is 3. The molecule has 1 aromatic rings. The van der Waals surface area contributed by atoms with Gasteiger partial charge in [0.15, 0.2) is 0 Å². The molecule has 3 nitrogen and oxygen atoms in total. The van der Waals surface area contributed by atoms with Gasteiger partial charge in [0.2, 0.25) is 0 Å². The van der Waals surface area contributed by atoms with Gasteiger partial charge in [-0.25, -0.2) is 0 Å². The summed E-state index contributed by atoms with van der Waals surface area (Å²) in [6.07, 6.45) is 0. The monoisotopic (exact) mass is 287 g/mol. The normalized spacial score (nSPS) is 12.1. The molecular formula is C13H25N3S2. The van der Waals surface area contributed by atoms with Crippen LogP contribution >= 0.6 is 23.5 Å². The van der Waals surface area contributed by atoms with Crippen molar-refractivity contribution in [2.75, 3.05) is 0 Å². The molecule has 1 heterocycles. The molecule has 0 atom stereocenters. The lowest BCUT2D eigenvalue weighted by atomic mass is 10.4. The Labute approximate surface area is 119 Å². The van der Waals surface area contributed by atoms with Gasteiger partial charge >= 0.3 is 0 Å². The summed E-state index contributed by atoms with van der Waals surface area (Å²) < 4.78 is 0. The summed E-state index contributed by atoms with van der Waals surface area (Å²) in [6.45, 7) is 13.1. The molecule has 5 heteroatoms. The zero-order valence-electron chi connectivity index (χ0n) is 12.3. The fourth-order valence-corrected chi connectivity index (χ4v) is 2.76. The molecule has 0 bridgehead atoms. The molecule has 18 heavy (non-hydrogen) atoms. The van der Waals surface area contributed by atoms with Crippen LogP contribution in [0.2, 0.25) is 0 Å². The van der Waals surface area contributed by atoms with E-state index in [0.717, 1.165) is 22.9 Å². The molecule has 1 rings (SSSR count). The summed E-state index contributed by atoms with van der Waals surface area (Å²) in [4.78, 5) is 1.85. The van der Waals surface area contributed by atoms with Gasteiger partial charge in [-0.3, -0.25) is 0 Å². The highest BCUT2D eigenvalue weighted by atomic mass is 32.2. The number of thioether (sulfide) groups is 2. The lowest BCUT2D eigenvalue weighted by Gasteiger charge is -2.05. The number of aromatic nitrogens is 3. The summed E-state index contributed by atoms with van der Waals surface area (Å²) in [5.41, 5.74) is 2.33. The number of hydrogen-bond donors (Lipinski definition) is 0. The van der Waals surface area contributed by atoms with Gasteiger partial charge < -0.3 is 0 Å². The molecule has 0 aliphatic rings. The second-order valence-corrected chi connectivity index (χ2v) is 8.36. The van der Waals surface area contributed by atoms with Gasteiger partial charge in [0.05, 0.1) is 17.4 Å². The Kier molecular flexibility index (Phi) is 6.57. The van der Waals surface area contributed by atoms with E-state index in [1.807, 2.05) is 28.3 Å². The van der Waals surface area contributed by atoms with E-state index in [1.54, 1.807) is 0 Å². The topological polar surface area (TPSA) is 30.7 Å². The van der Waals surface area contributed by atoms with Crippen molar-refractivity contribution in [3.05, 3.63) is 11.4 Å². The Bertz CT molecular complexity index is 330. The Morgan fingerprint density at radius 2 is 1.22 bits per heavy atom. The highest BCUT2D eigenvalue weighted by Gasteiger charge is 2.14. The van der Waals surface area contributed by atoms with E-state index in [4.69, 9.17) is 0 Å². The Morgan fingerprint density at radius 1 is 0.833 bits per heavy atom. The van der Waals surface area contributed by atoms with E-state index in [9.17, 15) is 0 Å². The fraction of sp³-hybridized carbons (Fsp3) is 0.846. The molecule has 0 radical (unpaired) electrons. The van der Waals surface area contributed by atoms with Crippen molar-refractivity contribution in [1.29, 1.82) is 0 Å². The molecule has 104 valence electrons. The summed E-state index contributed by atoms with van der Waals surface area (Å²) in [5, 5.41) is 10.5. The van der Waals surface area contributed by atoms with Gasteiger partial charge in [-0.05, 0) is 24.3 Å². The first-order valence-corrected chi connectivity index (χ1v) is 8.67. The lowest BCUT2D eigenvalue weighted by Crippen LogP contribution is -2.05. The van der Waals surface area contributed by atoms with E-state index in [1.165, 1.54) is 0 Å². The van der Waals surface area contributed by atoms with E-state index < -0.39 is 0 Å². The average molecular weight is 287 g/mol. The largest absolute Gasteiger partial charge is 0.182 e. The summed E-state index contributed by atoms with van der Waals surface area (Å²) in [6, 6.07) is 0.339. The van der Waals surface area contributed by atoms with Crippen molar-refractivity contribution >= 4 is 23.5 Å². The van der Waals surface area contributed by atoms with Crippen LogP contribution in [0.1, 0.15) is 59.0 Å². The third-order valence-corrected chi connectivity index (χ3v) is 4.56. The molecule has 0 aromatic carbocycles. The minimum atomic E-state index is 0.339. The zero-order valence-corrected chi connectivity index (χ0v) is 13.9. The van der Waals surface area contributed by atoms with Crippen LogP contribution in [0, 0.1) is 0 Å². The van der Waals surface area contributed by atoms with Crippen molar-refractivity contribution in [2.24, 2.45) is 0 Å². The van der Waals surface area contributed by atoms with Crippen LogP contribution in [0.4, 0.5) is 0 Å². The molecule has 0 saturated heterocycles.